The Balaban J connectivity index is 1.44. The van der Waals surface area contributed by atoms with Gasteiger partial charge in [0.2, 0.25) is 0 Å². The van der Waals surface area contributed by atoms with Gasteiger partial charge in [-0.05, 0) is 24.3 Å². The predicted molar refractivity (Wildman–Crippen MR) is 86.8 cm³/mol. The second-order valence-corrected chi connectivity index (χ2v) is 6.18. The fraction of sp³-hybridized carbons (Fsp3) is 0.333. The Morgan fingerprint density at radius 3 is 2.18 bits per heavy atom. The molecule has 1 aromatic carbocycles. The van der Waals surface area contributed by atoms with E-state index >= 15 is 0 Å². The van der Waals surface area contributed by atoms with Gasteiger partial charge in [0.15, 0.2) is 0 Å². The second kappa shape index (κ2) is 5.34. The SMILES string of the molecule is N#Cc1ccc(N2CC3CN(c4ccccc4)CC3C2)nc1. The maximum absolute atomic E-state index is 8.85. The van der Waals surface area contributed by atoms with Crippen molar-refractivity contribution >= 4 is 11.5 Å². The van der Waals surface area contributed by atoms with Crippen molar-refractivity contribution < 1.29 is 0 Å². The van der Waals surface area contributed by atoms with Gasteiger partial charge in [-0.2, -0.15) is 5.26 Å². The highest BCUT2D eigenvalue weighted by Crippen LogP contribution is 2.35. The van der Waals surface area contributed by atoms with Gasteiger partial charge in [-0.1, -0.05) is 18.2 Å². The van der Waals surface area contributed by atoms with Crippen LogP contribution in [0.5, 0.6) is 0 Å². The van der Waals surface area contributed by atoms with Crippen LogP contribution in [0.3, 0.4) is 0 Å². The van der Waals surface area contributed by atoms with Crippen molar-refractivity contribution in [2.45, 2.75) is 0 Å². The molecule has 0 saturated carbocycles. The van der Waals surface area contributed by atoms with E-state index in [1.54, 1.807) is 6.20 Å². The molecule has 4 heteroatoms. The summed E-state index contributed by atoms with van der Waals surface area (Å²) in [4.78, 5) is 9.28. The molecule has 2 saturated heterocycles. The highest BCUT2D eigenvalue weighted by Gasteiger charge is 2.40. The summed E-state index contributed by atoms with van der Waals surface area (Å²) in [6, 6.07) is 16.6. The third-order valence-corrected chi connectivity index (χ3v) is 4.81. The summed E-state index contributed by atoms with van der Waals surface area (Å²) >= 11 is 0. The molecular formula is C18H18N4. The molecule has 2 aromatic rings. The lowest BCUT2D eigenvalue weighted by atomic mass is 10.0. The first-order chi connectivity index (χ1) is 10.8. The van der Waals surface area contributed by atoms with Crippen LogP contribution in [-0.4, -0.2) is 31.2 Å². The van der Waals surface area contributed by atoms with Gasteiger partial charge in [-0.25, -0.2) is 4.98 Å². The molecule has 0 N–H and O–H groups in total. The molecule has 2 atom stereocenters. The summed E-state index contributed by atoms with van der Waals surface area (Å²) in [6.45, 7) is 4.38. The number of fused-ring (bicyclic) bond motifs is 1. The minimum atomic E-state index is 0.624. The van der Waals surface area contributed by atoms with E-state index in [4.69, 9.17) is 5.26 Å². The van der Waals surface area contributed by atoms with E-state index in [-0.39, 0.29) is 0 Å². The molecule has 4 rings (SSSR count). The van der Waals surface area contributed by atoms with Crippen molar-refractivity contribution in [3.63, 3.8) is 0 Å². The van der Waals surface area contributed by atoms with Crippen molar-refractivity contribution in [1.29, 1.82) is 5.26 Å². The number of nitrogens with zero attached hydrogens (tertiary/aromatic N) is 4. The first-order valence-electron chi connectivity index (χ1n) is 7.74. The van der Waals surface area contributed by atoms with E-state index in [0.29, 0.717) is 17.4 Å². The highest BCUT2D eigenvalue weighted by molar-refractivity contribution is 5.49. The van der Waals surface area contributed by atoms with Crippen molar-refractivity contribution in [3.05, 3.63) is 54.2 Å². The van der Waals surface area contributed by atoms with Crippen LogP contribution in [0.15, 0.2) is 48.7 Å². The Hall–Kier alpha value is -2.54. The number of hydrogen-bond acceptors (Lipinski definition) is 4. The van der Waals surface area contributed by atoms with Crippen LogP contribution >= 0.6 is 0 Å². The molecule has 0 amide bonds. The van der Waals surface area contributed by atoms with Crippen molar-refractivity contribution in [1.82, 2.24) is 4.98 Å². The van der Waals surface area contributed by atoms with Gasteiger partial charge in [0, 0.05) is 49.9 Å². The van der Waals surface area contributed by atoms with Crippen molar-refractivity contribution in [2.24, 2.45) is 11.8 Å². The lowest BCUT2D eigenvalue weighted by molar-refractivity contribution is 0.533. The summed E-state index contributed by atoms with van der Waals surface area (Å²) in [5.74, 6) is 2.41. The topological polar surface area (TPSA) is 43.2 Å². The van der Waals surface area contributed by atoms with Gasteiger partial charge in [0.05, 0.1) is 5.56 Å². The van der Waals surface area contributed by atoms with E-state index in [9.17, 15) is 0 Å². The van der Waals surface area contributed by atoms with Gasteiger partial charge in [0.1, 0.15) is 11.9 Å². The Morgan fingerprint density at radius 1 is 0.909 bits per heavy atom. The summed E-state index contributed by atoms with van der Waals surface area (Å²) in [5, 5.41) is 8.85. The third kappa shape index (κ3) is 2.29. The maximum atomic E-state index is 8.85. The molecule has 0 spiro atoms. The Labute approximate surface area is 130 Å². The molecule has 0 aliphatic carbocycles. The molecule has 2 unspecified atom stereocenters. The zero-order valence-corrected chi connectivity index (χ0v) is 12.4. The van der Waals surface area contributed by atoms with Gasteiger partial charge in [-0.15, -0.1) is 0 Å². The number of pyridine rings is 1. The quantitative estimate of drug-likeness (QED) is 0.852. The predicted octanol–water partition coefficient (Wildman–Crippen LogP) is 2.53. The summed E-state index contributed by atoms with van der Waals surface area (Å²) in [6.07, 6.45) is 1.67. The van der Waals surface area contributed by atoms with Gasteiger partial charge < -0.3 is 9.80 Å². The fourth-order valence-corrected chi connectivity index (χ4v) is 3.67. The number of nitriles is 1. The van der Waals surface area contributed by atoms with E-state index in [1.165, 1.54) is 5.69 Å². The minimum Gasteiger partial charge on any atom is -0.371 e. The van der Waals surface area contributed by atoms with E-state index in [1.807, 2.05) is 12.1 Å². The zero-order valence-electron chi connectivity index (χ0n) is 12.4. The number of anilines is 2. The van der Waals surface area contributed by atoms with Crippen LogP contribution in [0.4, 0.5) is 11.5 Å². The van der Waals surface area contributed by atoms with Crippen molar-refractivity contribution in [3.8, 4) is 6.07 Å². The molecule has 0 bridgehead atoms. The van der Waals surface area contributed by atoms with E-state index in [0.717, 1.165) is 32.0 Å². The maximum Gasteiger partial charge on any atom is 0.128 e. The van der Waals surface area contributed by atoms with Gasteiger partial charge >= 0.3 is 0 Å². The minimum absolute atomic E-state index is 0.624. The average Bonchev–Trinajstić information content (AvgIpc) is 3.15. The molecule has 4 nitrogen and oxygen atoms in total. The van der Waals surface area contributed by atoms with Crippen LogP contribution in [0.2, 0.25) is 0 Å². The number of rotatable bonds is 2. The Kier molecular flexibility index (Phi) is 3.19. The molecule has 2 fully saturated rings. The first-order valence-corrected chi connectivity index (χ1v) is 7.74. The molecule has 1 aromatic heterocycles. The molecule has 22 heavy (non-hydrogen) atoms. The van der Waals surface area contributed by atoms with Gasteiger partial charge in [0.25, 0.3) is 0 Å². The number of benzene rings is 1. The zero-order chi connectivity index (χ0) is 14.9. The molecule has 3 heterocycles. The number of hydrogen-bond donors (Lipinski definition) is 0. The van der Waals surface area contributed by atoms with E-state index < -0.39 is 0 Å². The summed E-state index contributed by atoms with van der Waals surface area (Å²) < 4.78 is 0. The van der Waals surface area contributed by atoms with Crippen molar-refractivity contribution in [2.75, 3.05) is 36.0 Å². The largest absolute Gasteiger partial charge is 0.371 e. The van der Waals surface area contributed by atoms with Crippen LogP contribution in [0.1, 0.15) is 5.56 Å². The van der Waals surface area contributed by atoms with E-state index in [2.05, 4.69) is 51.2 Å². The van der Waals surface area contributed by atoms with Crippen LogP contribution in [0, 0.1) is 23.2 Å². The standard InChI is InChI=1S/C18H18N4/c19-8-14-6-7-18(20-9-14)22-12-15-10-21(11-16(15)13-22)17-4-2-1-3-5-17/h1-7,9,15-16H,10-13H2. The Morgan fingerprint density at radius 2 is 1.59 bits per heavy atom. The van der Waals surface area contributed by atoms with Crippen LogP contribution in [-0.2, 0) is 0 Å². The molecule has 0 radical (unpaired) electrons. The lowest BCUT2D eigenvalue weighted by Gasteiger charge is -2.23. The lowest BCUT2D eigenvalue weighted by Crippen LogP contribution is -2.29. The van der Waals surface area contributed by atoms with Crippen LogP contribution < -0.4 is 9.80 Å². The first kappa shape index (κ1) is 13.1. The van der Waals surface area contributed by atoms with Gasteiger partial charge in [-0.3, -0.25) is 0 Å². The fourth-order valence-electron chi connectivity index (χ4n) is 3.67. The number of aromatic nitrogens is 1. The smallest absolute Gasteiger partial charge is 0.128 e. The monoisotopic (exact) mass is 290 g/mol. The molecule has 2 aliphatic heterocycles. The third-order valence-electron chi connectivity index (χ3n) is 4.81. The molecule has 110 valence electrons. The molecular weight excluding hydrogens is 272 g/mol. The molecule has 2 aliphatic rings. The Bertz CT molecular complexity index is 675. The summed E-state index contributed by atoms with van der Waals surface area (Å²) in [7, 11) is 0. The second-order valence-electron chi connectivity index (χ2n) is 6.18. The average molecular weight is 290 g/mol. The number of para-hydroxylation sites is 1. The highest BCUT2D eigenvalue weighted by atomic mass is 15.3. The van der Waals surface area contributed by atoms with Crippen LogP contribution in [0.25, 0.3) is 0 Å². The normalized spacial score (nSPS) is 23.4. The summed E-state index contributed by atoms with van der Waals surface area (Å²) in [5.41, 5.74) is 1.96.